The maximum absolute atomic E-state index is 11.3. The van der Waals surface area contributed by atoms with Gasteiger partial charge in [-0.25, -0.2) is 5.84 Å². The highest BCUT2D eigenvalue weighted by molar-refractivity contribution is 5.80. The predicted octanol–water partition coefficient (Wildman–Crippen LogP) is -0.103. The molecular formula is C11H14N4O2. The SMILES string of the molecule is N#Cc1cccn1CC1CCC(C(=O)NN)O1. The normalized spacial score (nSPS) is 23.3. The minimum absolute atomic E-state index is 0.0446. The summed E-state index contributed by atoms with van der Waals surface area (Å²) in [5.41, 5.74) is 2.68. The maximum Gasteiger partial charge on any atom is 0.263 e. The minimum Gasteiger partial charge on any atom is -0.363 e. The number of carbonyl (C=O) groups excluding carboxylic acids is 1. The van der Waals surface area contributed by atoms with Crippen molar-refractivity contribution in [1.29, 1.82) is 5.26 Å². The van der Waals surface area contributed by atoms with E-state index in [9.17, 15) is 4.79 Å². The second-order valence-corrected chi connectivity index (χ2v) is 3.99. The third kappa shape index (κ3) is 2.46. The second-order valence-electron chi connectivity index (χ2n) is 3.99. The van der Waals surface area contributed by atoms with Crippen molar-refractivity contribution in [3.8, 4) is 6.07 Å². The number of aromatic nitrogens is 1. The fourth-order valence-corrected chi connectivity index (χ4v) is 2.02. The average molecular weight is 234 g/mol. The van der Waals surface area contributed by atoms with Crippen LogP contribution in [-0.2, 0) is 16.1 Å². The Morgan fingerprint density at radius 1 is 1.71 bits per heavy atom. The number of nitrogens with two attached hydrogens (primary N) is 1. The Labute approximate surface area is 98.9 Å². The molecule has 2 atom stereocenters. The van der Waals surface area contributed by atoms with Gasteiger partial charge >= 0.3 is 0 Å². The highest BCUT2D eigenvalue weighted by atomic mass is 16.5. The molecule has 17 heavy (non-hydrogen) atoms. The number of nitrogens with zero attached hydrogens (tertiary/aromatic N) is 2. The van der Waals surface area contributed by atoms with E-state index in [0.29, 0.717) is 18.7 Å². The number of rotatable bonds is 3. The molecule has 2 heterocycles. The molecule has 0 aromatic carbocycles. The number of nitrogens with one attached hydrogen (secondary N) is 1. The Hall–Kier alpha value is -1.84. The molecule has 1 aliphatic rings. The first-order chi connectivity index (χ1) is 8.24. The zero-order chi connectivity index (χ0) is 12.3. The molecule has 2 rings (SSSR count). The van der Waals surface area contributed by atoms with Crippen molar-refractivity contribution in [1.82, 2.24) is 9.99 Å². The van der Waals surface area contributed by atoms with Gasteiger partial charge in [0.25, 0.3) is 5.91 Å². The van der Waals surface area contributed by atoms with Crippen LogP contribution in [0.15, 0.2) is 18.3 Å². The first-order valence-electron chi connectivity index (χ1n) is 5.45. The smallest absolute Gasteiger partial charge is 0.263 e. The van der Waals surface area contributed by atoms with Gasteiger partial charge in [0.1, 0.15) is 17.9 Å². The molecule has 0 radical (unpaired) electrons. The van der Waals surface area contributed by atoms with Crippen LogP contribution in [-0.4, -0.2) is 22.7 Å². The Bertz CT molecular complexity index is 449. The summed E-state index contributed by atoms with van der Waals surface area (Å²) >= 11 is 0. The van der Waals surface area contributed by atoms with Crippen LogP contribution in [0, 0.1) is 11.3 Å². The van der Waals surface area contributed by atoms with Gasteiger partial charge in [0.05, 0.1) is 6.10 Å². The number of hydrazine groups is 1. The lowest BCUT2D eigenvalue weighted by Crippen LogP contribution is -2.39. The molecule has 90 valence electrons. The van der Waals surface area contributed by atoms with Gasteiger partial charge in [0.2, 0.25) is 0 Å². The Balaban J connectivity index is 1.94. The summed E-state index contributed by atoms with van der Waals surface area (Å²) in [4.78, 5) is 11.3. The van der Waals surface area contributed by atoms with E-state index in [-0.39, 0.29) is 12.0 Å². The summed E-state index contributed by atoms with van der Waals surface area (Å²) in [6.45, 7) is 0.588. The first-order valence-corrected chi connectivity index (χ1v) is 5.45. The maximum atomic E-state index is 11.3. The second kappa shape index (κ2) is 4.99. The topological polar surface area (TPSA) is 93.1 Å². The Morgan fingerprint density at radius 3 is 3.24 bits per heavy atom. The molecular weight excluding hydrogens is 220 g/mol. The molecule has 2 unspecified atom stereocenters. The molecule has 0 aliphatic carbocycles. The standard InChI is InChI=1S/C11H14N4O2/c12-6-8-2-1-5-15(8)7-9-3-4-10(17-9)11(16)14-13/h1-2,5,9-10H,3-4,7,13H2,(H,14,16). The third-order valence-corrected chi connectivity index (χ3v) is 2.89. The van der Waals surface area contributed by atoms with Crippen molar-refractivity contribution in [3.05, 3.63) is 24.0 Å². The summed E-state index contributed by atoms with van der Waals surface area (Å²) in [6.07, 6.45) is 2.78. The van der Waals surface area contributed by atoms with Crippen molar-refractivity contribution in [3.63, 3.8) is 0 Å². The van der Waals surface area contributed by atoms with E-state index in [0.717, 1.165) is 6.42 Å². The number of amides is 1. The van der Waals surface area contributed by atoms with Gasteiger partial charge in [-0.05, 0) is 25.0 Å². The predicted molar refractivity (Wildman–Crippen MR) is 59.4 cm³/mol. The number of carbonyl (C=O) groups is 1. The van der Waals surface area contributed by atoms with E-state index in [1.165, 1.54) is 0 Å². The molecule has 1 fully saturated rings. The highest BCUT2D eigenvalue weighted by Gasteiger charge is 2.30. The van der Waals surface area contributed by atoms with Gasteiger partial charge in [-0.2, -0.15) is 5.26 Å². The average Bonchev–Trinajstić information content (AvgIpc) is 2.97. The molecule has 1 aromatic heterocycles. The van der Waals surface area contributed by atoms with Crippen LogP contribution in [0.5, 0.6) is 0 Å². The van der Waals surface area contributed by atoms with E-state index in [2.05, 4.69) is 11.5 Å². The van der Waals surface area contributed by atoms with Gasteiger partial charge in [0, 0.05) is 12.7 Å². The molecule has 6 heteroatoms. The van der Waals surface area contributed by atoms with Crippen LogP contribution in [0.2, 0.25) is 0 Å². The van der Waals surface area contributed by atoms with Crippen LogP contribution in [0.1, 0.15) is 18.5 Å². The molecule has 6 nitrogen and oxygen atoms in total. The summed E-state index contributed by atoms with van der Waals surface area (Å²) in [5.74, 6) is 4.76. The quantitative estimate of drug-likeness (QED) is 0.434. The van der Waals surface area contributed by atoms with Gasteiger partial charge in [-0.3, -0.25) is 10.2 Å². The fourth-order valence-electron chi connectivity index (χ4n) is 2.02. The van der Waals surface area contributed by atoms with E-state index >= 15 is 0 Å². The molecule has 0 saturated carbocycles. The van der Waals surface area contributed by atoms with E-state index in [1.54, 1.807) is 6.07 Å². The largest absolute Gasteiger partial charge is 0.363 e. The summed E-state index contributed by atoms with van der Waals surface area (Å²) < 4.78 is 7.39. The number of hydrogen-bond acceptors (Lipinski definition) is 4. The fraction of sp³-hybridized carbons (Fsp3) is 0.455. The summed E-state index contributed by atoms with van der Waals surface area (Å²) in [6, 6.07) is 5.67. The van der Waals surface area contributed by atoms with E-state index in [4.69, 9.17) is 15.8 Å². The van der Waals surface area contributed by atoms with Crippen LogP contribution < -0.4 is 11.3 Å². The zero-order valence-corrected chi connectivity index (χ0v) is 9.30. The van der Waals surface area contributed by atoms with Crippen LogP contribution in [0.4, 0.5) is 0 Å². The zero-order valence-electron chi connectivity index (χ0n) is 9.30. The van der Waals surface area contributed by atoms with Crippen molar-refractivity contribution >= 4 is 5.91 Å². The molecule has 0 bridgehead atoms. The number of hydrogen-bond donors (Lipinski definition) is 2. The Morgan fingerprint density at radius 2 is 2.53 bits per heavy atom. The number of ether oxygens (including phenoxy) is 1. The molecule has 3 N–H and O–H groups in total. The van der Waals surface area contributed by atoms with Gasteiger partial charge in [-0.15, -0.1) is 0 Å². The molecule has 1 aliphatic heterocycles. The van der Waals surface area contributed by atoms with Gasteiger partial charge in [0.15, 0.2) is 0 Å². The lowest BCUT2D eigenvalue weighted by molar-refractivity contribution is -0.132. The Kier molecular flexibility index (Phi) is 3.42. The molecule has 1 saturated heterocycles. The van der Waals surface area contributed by atoms with Crippen molar-refractivity contribution in [2.45, 2.75) is 31.6 Å². The van der Waals surface area contributed by atoms with Crippen LogP contribution in [0.25, 0.3) is 0 Å². The monoisotopic (exact) mass is 234 g/mol. The van der Waals surface area contributed by atoms with E-state index in [1.807, 2.05) is 16.8 Å². The molecule has 1 aromatic rings. The summed E-state index contributed by atoms with van der Waals surface area (Å²) in [7, 11) is 0. The van der Waals surface area contributed by atoms with E-state index < -0.39 is 6.10 Å². The van der Waals surface area contributed by atoms with Crippen molar-refractivity contribution in [2.75, 3.05) is 0 Å². The van der Waals surface area contributed by atoms with Crippen molar-refractivity contribution in [2.24, 2.45) is 5.84 Å². The highest BCUT2D eigenvalue weighted by Crippen LogP contribution is 2.21. The lowest BCUT2D eigenvalue weighted by Gasteiger charge is -2.13. The molecule has 0 spiro atoms. The first kappa shape index (κ1) is 11.6. The van der Waals surface area contributed by atoms with Gasteiger partial charge < -0.3 is 9.30 Å². The minimum atomic E-state index is -0.467. The molecule has 1 amide bonds. The summed E-state index contributed by atoms with van der Waals surface area (Å²) in [5, 5.41) is 8.87. The lowest BCUT2D eigenvalue weighted by atomic mass is 10.2. The van der Waals surface area contributed by atoms with Crippen LogP contribution >= 0.6 is 0 Å². The third-order valence-electron chi connectivity index (χ3n) is 2.89. The number of nitriles is 1. The van der Waals surface area contributed by atoms with Crippen LogP contribution in [0.3, 0.4) is 0 Å². The van der Waals surface area contributed by atoms with Gasteiger partial charge in [-0.1, -0.05) is 0 Å². The van der Waals surface area contributed by atoms with Crippen molar-refractivity contribution < 1.29 is 9.53 Å².